The minimum absolute atomic E-state index is 0.381. The molecule has 152 valence electrons. The van der Waals surface area contributed by atoms with E-state index >= 15 is 0 Å². The molecule has 26 heavy (non-hydrogen) atoms. The van der Waals surface area contributed by atoms with Crippen LogP contribution < -0.4 is 0 Å². The van der Waals surface area contributed by atoms with Gasteiger partial charge in [-0.3, -0.25) is 4.99 Å². The predicted octanol–water partition coefficient (Wildman–Crippen LogP) is 6.47. The zero-order valence-electron chi connectivity index (χ0n) is 17.6. The highest BCUT2D eigenvalue weighted by Gasteiger charge is 2.19. The minimum Gasteiger partial charge on any atom is -0.374 e. The molecule has 3 heteroatoms. The highest BCUT2D eigenvalue weighted by Crippen LogP contribution is 2.15. The summed E-state index contributed by atoms with van der Waals surface area (Å²) in [5.41, 5.74) is 0. The number of hydrogen-bond acceptors (Lipinski definition) is 3. The van der Waals surface area contributed by atoms with Gasteiger partial charge in [-0.2, -0.15) is 0 Å². The van der Waals surface area contributed by atoms with Gasteiger partial charge in [0.1, 0.15) is 12.1 Å². The lowest BCUT2D eigenvalue weighted by Crippen LogP contribution is -2.35. The Labute approximate surface area is 163 Å². The molecule has 0 amide bonds. The fourth-order valence-corrected chi connectivity index (χ4v) is 3.65. The summed E-state index contributed by atoms with van der Waals surface area (Å²) in [5, 5.41) is 9.70. The molecule has 1 N–H and O–H groups in total. The monoisotopic (exact) mass is 364 g/mol. The van der Waals surface area contributed by atoms with E-state index in [1.807, 2.05) is 11.8 Å². The number of hydrogen-bond donors (Lipinski definition) is 1. The van der Waals surface area contributed by atoms with E-state index < -0.39 is 0 Å². The van der Waals surface area contributed by atoms with Gasteiger partial charge < -0.3 is 10.0 Å². The van der Waals surface area contributed by atoms with Crippen LogP contribution >= 0.6 is 0 Å². The molecule has 1 aliphatic heterocycles. The number of allylic oxidation sites excluding steroid dienone is 2. The van der Waals surface area contributed by atoms with Crippen LogP contribution in [0.5, 0.6) is 0 Å². The minimum atomic E-state index is -0.381. The fraction of sp³-hybridized carbons (Fsp3) is 0.870. The standard InChI is InChI=1S/C23H44N2O/c1-3-4-5-6-7-8-9-10-11-12-13-14-15-16-17-18-19-23-24-20-21-25(23)22(2)26/h6-7,22,26H,3-5,8-21H2,1-2H3/b7-6+. The second-order valence-electron chi connectivity index (χ2n) is 7.81. The molecule has 0 spiro atoms. The fourth-order valence-electron chi connectivity index (χ4n) is 3.65. The van der Waals surface area contributed by atoms with Crippen LogP contribution in [0, 0.1) is 0 Å². The van der Waals surface area contributed by atoms with E-state index in [2.05, 4.69) is 24.1 Å². The third-order valence-electron chi connectivity index (χ3n) is 5.33. The van der Waals surface area contributed by atoms with Crippen LogP contribution in [0.3, 0.4) is 0 Å². The second-order valence-corrected chi connectivity index (χ2v) is 7.81. The summed E-state index contributed by atoms with van der Waals surface area (Å²) < 4.78 is 0. The highest BCUT2D eigenvalue weighted by molar-refractivity contribution is 5.83. The number of unbranched alkanes of at least 4 members (excludes halogenated alkanes) is 12. The first-order chi connectivity index (χ1) is 12.8. The van der Waals surface area contributed by atoms with E-state index in [1.165, 1.54) is 89.9 Å². The first-order valence-electron chi connectivity index (χ1n) is 11.4. The Kier molecular flexibility index (Phi) is 14.6. The lowest BCUT2D eigenvalue weighted by atomic mass is 10.0. The molecular weight excluding hydrogens is 320 g/mol. The van der Waals surface area contributed by atoms with Crippen molar-refractivity contribution in [2.45, 2.75) is 116 Å². The Hall–Kier alpha value is -0.830. The number of aliphatic hydroxyl groups excluding tert-OH is 1. The Morgan fingerprint density at radius 2 is 1.42 bits per heavy atom. The van der Waals surface area contributed by atoms with Crippen LogP contribution in [-0.2, 0) is 0 Å². The first-order valence-corrected chi connectivity index (χ1v) is 11.4. The van der Waals surface area contributed by atoms with Crippen molar-refractivity contribution in [3.8, 4) is 0 Å². The zero-order chi connectivity index (χ0) is 18.9. The molecule has 1 aliphatic rings. The van der Waals surface area contributed by atoms with Crippen LogP contribution in [0.25, 0.3) is 0 Å². The number of aliphatic hydroxyl groups is 1. The van der Waals surface area contributed by atoms with Crippen molar-refractivity contribution in [1.82, 2.24) is 4.90 Å². The molecule has 0 fully saturated rings. The van der Waals surface area contributed by atoms with Gasteiger partial charge in [0.2, 0.25) is 0 Å². The number of aliphatic imine (C=N–C) groups is 1. The molecule has 0 bridgehead atoms. The van der Waals surface area contributed by atoms with E-state index in [0.29, 0.717) is 0 Å². The first kappa shape index (κ1) is 23.2. The maximum absolute atomic E-state index is 9.70. The van der Waals surface area contributed by atoms with Crippen LogP contribution in [-0.4, -0.2) is 35.2 Å². The zero-order valence-corrected chi connectivity index (χ0v) is 17.6. The van der Waals surface area contributed by atoms with Gasteiger partial charge in [0, 0.05) is 13.0 Å². The number of rotatable bonds is 17. The molecule has 0 aromatic heterocycles. The summed E-state index contributed by atoms with van der Waals surface area (Å²) in [5.74, 6) is 1.13. The quantitative estimate of drug-likeness (QED) is 0.237. The third kappa shape index (κ3) is 11.7. The molecule has 1 unspecified atom stereocenters. The van der Waals surface area contributed by atoms with Gasteiger partial charge >= 0.3 is 0 Å². The van der Waals surface area contributed by atoms with Gasteiger partial charge in [0.15, 0.2) is 0 Å². The van der Waals surface area contributed by atoms with Crippen LogP contribution in [0.2, 0.25) is 0 Å². The molecule has 1 rings (SSSR count). The van der Waals surface area contributed by atoms with Crippen molar-refractivity contribution in [2.24, 2.45) is 4.99 Å². The molecule has 0 aromatic carbocycles. The topological polar surface area (TPSA) is 35.8 Å². The van der Waals surface area contributed by atoms with Crippen molar-refractivity contribution in [3.05, 3.63) is 12.2 Å². The summed E-state index contributed by atoms with van der Waals surface area (Å²) in [7, 11) is 0. The molecule has 0 saturated heterocycles. The maximum atomic E-state index is 9.70. The Balaban J connectivity index is 1.79. The number of nitrogens with zero attached hydrogens (tertiary/aromatic N) is 2. The largest absolute Gasteiger partial charge is 0.374 e. The van der Waals surface area contributed by atoms with Crippen LogP contribution in [0.15, 0.2) is 17.1 Å². The summed E-state index contributed by atoms with van der Waals surface area (Å²) in [4.78, 5) is 6.57. The Morgan fingerprint density at radius 1 is 0.885 bits per heavy atom. The second kappa shape index (κ2) is 16.4. The van der Waals surface area contributed by atoms with Crippen LogP contribution in [0.4, 0.5) is 0 Å². The lowest BCUT2D eigenvalue weighted by Gasteiger charge is -2.23. The van der Waals surface area contributed by atoms with Crippen LogP contribution in [0.1, 0.15) is 110 Å². The van der Waals surface area contributed by atoms with Gasteiger partial charge in [-0.05, 0) is 32.6 Å². The number of amidine groups is 1. The van der Waals surface area contributed by atoms with Crippen molar-refractivity contribution in [1.29, 1.82) is 0 Å². The SMILES string of the molecule is CCCC/C=C/CCCCCCCCCCCCC1=NCCN1C(C)O. The molecule has 0 radical (unpaired) electrons. The van der Waals surface area contributed by atoms with E-state index in [-0.39, 0.29) is 6.23 Å². The van der Waals surface area contributed by atoms with E-state index in [1.54, 1.807) is 0 Å². The summed E-state index contributed by atoms with van der Waals surface area (Å²) in [6.07, 6.45) is 24.3. The normalized spacial score (nSPS) is 15.8. The van der Waals surface area contributed by atoms with Gasteiger partial charge in [0.25, 0.3) is 0 Å². The van der Waals surface area contributed by atoms with Gasteiger partial charge in [0.05, 0.1) is 6.54 Å². The van der Waals surface area contributed by atoms with Crippen molar-refractivity contribution >= 4 is 5.84 Å². The van der Waals surface area contributed by atoms with Gasteiger partial charge in [-0.15, -0.1) is 0 Å². The van der Waals surface area contributed by atoms with E-state index in [9.17, 15) is 5.11 Å². The molecule has 0 aromatic rings. The molecule has 0 aliphatic carbocycles. The van der Waals surface area contributed by atoms with E-state index in [4.69, 9.17) is 0 Å². The third-order valence-corrected chi connectivity index (χ3v) is 5.33. The molecular formula is C23H44N2O. The average molecular weight is 365 g/mol. The van der Waals surface area contributed by atoms with Crippen molar-refractivity contribution < 1.29 is 5.11 Å². The Morgan fingerprint density at radius 3 is 2.00 bits per heavy atom. The highest BCUT2D eigenvalue weighted by atomic mass is 16.3. The average Bonchev–Trinajstić information content (AvgIpc) is 3.10. The lowest BCUT2D eigenvalue weighted by molar-refractivity contribution is 0.0766. The predicted molar refractivity (Wildman–Crippen MR) is 115 cm³/mol. The summed E-state index contributed by atoms with van der Waals surface area (Å²) >= 11 is 0. The van der Waals surface area contributed by atoms with Crippen molar-refractivity contribution in [3.63, 3.8) is 0 Å². The molecule has 3 nitrogen and oxygen atoms in total. The smallest absolute Gasteiger partial charge is 0.125 e. The molecule has 1 atom stereocenters. The summed E-state index contributed by atoms with van der Waals surface area (Å²) in [6.45, 7) is 5.84. The van der Waals surface area contributed by atoms with E-state index in [0.717, 1.165) is 25.3 Å². The van der Waals surface area contributed by atoms with Crippen molar-refractivity contribution in [2.75, 3.05) is 13.1 Å². The molecule has 1 heterocycles. The van der Waals surface area contributed by atoms with Gasteiger partial charge in [-0.1, -0.05) is 83.3 Å². The van der Waals surface area contributed by atoms with Gasteiger partial charge in [-0.25, -0.2) is 0 Å². The summed E-state index contributed by atoms with van der Waals surface area (Å²) in [6, 6.07) is 0. The Bertz CT molecular complexity index is 376. The maximum Gasteiger partial charge on any atom is 0.125 e. The molecule has 0 saturated carbocycles.